The molecule has 0 fully saturated rings. The van der Waals surface area contributed by atoms with Gasteiger partial charge in [-0.15, -0.1) is 0 Å². The van der Waals surface area contributed by atoms with Gasteiger partial charge in [0, 0.05) is 0 Å². The molecule has 0 aromatic heterocycles. The fourth-order valence-corrected chi connectivity index (χ4v) is 0.697. The van der Waals surface area contributed by atoms with Crippen LogP contribution in [0.15, 0.2) is 0 Å². The number of hydrogen-bond acceptors (Lipinski definition) is 1. The van der Waals surface area contributed by atoms with Crippen molar-refractivity contribution in [3.63, 3.8) is 0 Å². The molecule has 0 atom stereocenters. The highest BCUT2D eigenvalue weighted by Crippen LogP contribution is 1.93. The van der Waals surface area contributed by atoms with Crippen LogP contribution in [0, 0.1) is 0 Å². The Morgan fingerprint density at radius 3 is 2.00 bits per heavy atom. The Hall–Kier alpha value is -0.0800. The van der Waals surface area contributed by atoms with Crippen LogP contribution < -0.4 is 5.73 Å². The molecule has 2 N–H and O–H groups in total. The second kappa shape index (κ2) is 3.05. The minimum absolute atomic E-state index is 0.744. The summed E-state index contributed by atoms with van der Waals surface area (Å²) in [6.45, 7) is 4.10. The quantitative estimate of drug-likeness (QED) is 0.420. The first-order valence-corrected chi connectivity index (χ1v) is 3.14. The monoisotopic (exact) mass is 117 g/mol. The number of hydrogen-bond donors (Lipinski definition) is 1. The summed E-state index contributed by atoms with van der Waals surface area (Å²) < 4.78 is 0.941. The molecule has 0 aliphatic carbocycles. The van der Waals surface area contributed by atoms with E-state index in [2.05, 4.69) is 21.0 Å². The van der Waals surface area contributed by atoms with Crippen molar-refractivity contribution >= 4 is 0 Å². The van der Waals surface area contributed by atoms with E-state index in [1.165, 1.54) is 13.0 Å². The predicted molar refractivity (Wildman–Crippen MR) is 36.3 cm³/mol. The van der Waals surface area contributed by atoms with Gasteiger partial charge < -0.3 is 4.48 Å². The van der Waals surface area contributed by atoms with E-state index in [0.717, 1.165) is 11.2 Å². The molecule has 0 aliphatic heterocycles. The Morgan fingerprint density at radius 2 is 1.88 bits per heavy atom. The van der Waals surface area contributed by atoms with Crippen molar-refractivity contribution in [2.45, 2.75) is 13.3 Å². The third-order valence-electron chi connectivity index (χ3n) is 1.32. The predicted octanol–water partition coefficient (Wildman–Crippen LogP) is 0.389. The van der Waals surface area contributed by atoms with Crippen molar-refractivity contribution in [1.82, 2.24) is 0 Å². The van der Waals surface area contributed by atoms with Gasteiger partial charge in [0.1, 0.15) is 6.67 Å². The van der Waals surface area contributed by atoms with Crippen molar-refractivity contribution in [3.8, 4) is 0 Å². The first-order valence-electron chi connectivity index (χ1n) is 3.14. The molecular weight excluding hydrogens is 100 g/mol. The summed E-state index contributed by atoms with van der Waals surface area (Å²) in [7, 11) is 4.28. The van der Waals surface area contributed by atoms with Crippen LogP contribution in [0.25, 0.3) is 0 Å². The highest BCUT2D eigenvalue weighted by atomic mass is 15.3. The molecule has 0 aromatic carbocycles. The average molecular weight is 117 g/mol. The molecule has 50 valence electrons. The molecule has 0 amide bonds. The van der Waals surface area contributed by atoms with Crippen molar-refractivity contribution in [2.75, 3.05) is 27.3 Å². The Balaban J connectivity index is 3.37. The summed E-state index contributed by atoms with van der Waals surface area (Å²) in [5, 5.41) is 0. The van der Waals surface area contributed by atoms with E-state index in [9.17, 15) is 0 Å². The highest BCUT2D eigenvalue weighted by Gasteiger charge is 2.07. The second-order valence-electron chi connectivity index (χ2n) is 2.84. The van der Waals surface area contributed by atoms with Crippen molar-refractivity contribution in [2.24, 2.45) is 5.73 Å². The van der Waals surface area contributed by atoms with Gasteiger partial charge in [-0.2, -0.15) is 0 Å². The van der Waals surface area contributed by atoms with Crippen LogP contribution in [-0.2, 0) is 0 Å². The van der Waals surface area contributed by atoms with E-state index in [1.807, 2.05) is 0 Å². The standard InChI is InChI=1S/C6H17N2/c1-4-5-8(2,3)6-7/h4-7H2,1-3H3/q+1. The molecule has 0 saturated carbocycles. The average Bonchev–Trinajstić information content (AvgIpc) is 1.67. The van der Waals surface area contributed by atoms with Gasteiger partial charge in [0.05, 0.1) is 20.6 Å². The van der Waals surface area contributed by atoms with Crippen molar-refractivity contribution in [3.05, 3.63) is 0 Å². The van der Waals surface area contributed by atoms with Gasteiger partial charge in [0.15, 0.2) is 0 Å². The molecule has 0 spiro atoms. The van der Waals surface area contributed by atoms with Crippen molar-refractivity contribution in [1.29, 1.82) is 0 Å². The summed E-state index contributed by atoms with van der Waals surface area (Å²) in [5.41, 5.74) is 5.46. The first kappa shape index (κ1) is 7.92. The molecule has 0 heterocycles. The topological polar surface area (TPSA) is 26.0 Å². The van der Waals surface area contributed by atoms with Crippen LogP contribution in [0.5, 0.6) is 0 Å². The van der Waals surface area contributed by atoms with Gasteiger partial charge in [-0.3, -0.25) is 5.73 Å². The summed E-state index contributed by atoms with van der Waals surface area (Å²) in [4.78, 5) is 0. The van der Waals surface area contributed by atoms with Crippen LogP contribution in [0.1, 0.15) is 13.3 Å². The summed E-state index contributed by atoms with van der Waals surface area (Å²) in [5.74, 6) is 0. The summed E-state index contributed by atoms with van der Waals surface area (Å²) >= 11 is 0. The van der Waals surface area contributed by atoms with E-state index in [1.54, 1.807) is 0 Å². The van der Waals surface area contributed by atoms with Gasteiger partial charge in [-0.25, -0.2) is 0 Å². The third-order valence-corrected chi connectivity index (χ3v) is 1.32. The Bertz CT molecular complexity index is 59.5. The molecule has 2 heteroatoms. The lowest BCUT2D eigenvalue weighted by molar-refractivity contribution is -0.890. The van der Waals surface area contributed by atoms with Crippen molar-refractivity contribution < 1.29 is 4.48 Å². The Kier molecular flexibility index (Phi) is 3.02. The number of rotatable bonds is 3. The molecule has 0 aromatic rings. The first-order chi connectivity index (χ1) is 3.62. The van der Waals surface area contributed by atoms with Crippen LogP contribution in [0.2, 0.25) is 0 Å². The maximum atomic E-state index is 5.46. The maximum absolute atomic E-state index is 5.46. The number of nitrogens with zero attached hydrogens (tertiary/aromatic N) is 1. The number of quaternary nitrogens is 1. The van der Waals surface area contributed by atoms with Gasteiger partial charge in [-0.05, 0) is 6.42 Å². The second-order valence-corrected chi connectivity index (χ2v) is 2.84. The fraction of sp³-hybridized carbons (Fsp3) is 1.00. The smallest absolute Gasteiger partial charge is 0.129 e. The van der Waals surface area contributed by atoms with E-state index < -0.39 is 0 Å². The molecule has 0 saturated heterocycles. The number of nitrogens with two attached hydrogens (primary N) is 1. The van der Waals surface area contributed by atoms with Gasteiger partial charge in [0.2, 0.25) is 0 Å². The summed E-state index contributed by atoms with van der Waals surface area (Å²) in [6.07, 6.45) is 1.21. The van der Waals surface area contributed by atoms with Crippen LogP contribution in [0.3, 0.4) is 0 Å². The normalized spacial score (nSPS) is 12.0. The van der Waals surface area contributed by atoms with E-state index >= 15 is 0 Å². The van der Waals surface area contributed by atoms with Crippen LogP contribution >= 0.6 is 0 Å². The minimum Gasteiger partial charge on any atom is -0.316 e. The molecule has 8 heavy (non-hydrogen) atoms. The lowest BCUT2D eigenvalue weighted by Crippen LogP contribution is -2.44. The van der Waals surface area contributed by atoms with E-state index in [4.69, 9.17) is 5.73 Å². The maximum Gasteiger partial charge on any atom is 0.129 e. The molecule has 0 unspecified atom stereocenters. The third kappa shape index (κ3) is 2.99. The largest absolute Gasteiger partial charge is 0.316 e. The fourth-order valence-electron chi connectivity index (χ4n) is 0.697. The lowest BCUT2D eigenvalue weighted by atomic mass is 10.4. The van der Waals surface area contributed by atoms with E-state index in [-0.39, 0.29) is 0 Å². The highest BCUT2D eigenvalue weighted by molar-refractivity contribution is 4.24. The molecule has 0 aliphatic rings. The van der Waals surface area contributed by atoms with Crippen LogP contribution in [-0.4, -0.2) is 31.8 Å². The summed E-state index contributed by atoms with van der Waals surface area (Å²) in [6, 6.07) is 0. The van der Waals surface area contributed by atoms with Gasteiger partial charge in [-0.1, -0.05) is 6.92 Å². The minimum atomic E-state index is 0.744. The Morgan fingerprint density at radius 1 is 1.38 bits per heavy atom. The van der Waals surface area contributed by atoms with E-state index in [0.29, 0.717) is 0 Å². The zero-order chi connectivity index (χ0) is 6.62. The van der Waals surface area contributed by atoms with Gasteiger partial charge in [0.25, 0.3) is 0 Å². The SMILES string of the molecule is CCC[N+](C)(C)CN. The van der Waals surface area contributed by atoms with Gasteiger partial charge >= 0.3 is 0 Å². The molecule has 0 radical (unpaired) electrons. The lowest BCUT2D eigenvalue weighted by Gasteiger charge is -2.26. The molecule has 0 rings (SSSR count). The molecular formula is C6H17N2+. The molecule has 0 bridgehead atoms. The zero-order valence-electron chi connectivity index (χ0n) is 6.15. The Labute approximate surface area is 51.9 Å². The zero-order valence-corrected chi connectivity index (χ0v) is 6.15. The van der Waals surface area contributed by atoms with Crippen LogP contribution in [0.4, 0.5) is 0 Å². The molecule has 2 nitrogen and oxygen atoms in total.